The van der Waals surface area contributed by atoms with Crippen LogP contribution >= 0.6 is 0 Å². The van der Waals surface area contributed by atoms with Gasteiger partial charge in [-0.3, -0.25) is 9.88 Å². The van der Waals surface area contributed by atoms with Gasteiger partial charge in [-0.05, 0) is 76.4 Å². The number of alkyl halides is 6. The molecule has 0 saturated carbocycles. The smallest absolute Gasteiger partial charge is 0.358 e. The van der Waals surface area contributed by atoms with Crippen molar-refractivity contribution in [2.45, 2.75) is 63.5 Å². The number of pyridine rings is 1. The van der Waals surface area contributed by atoms with Crippen molar-refractivity contribution >= 4 is 0 Å². The zero-order valence-electron chi connectivity index (χ0n) is 20.4. The van der Waals surface area contributed by atoms with E-state index in [1.165, 1.54) is 12.1 Å². The average Bonchev–Trinajstić information content (AvgIpc) is 3.27. The number of halogens is 6. The van der Waals surface area contributed by atoms with Crippen molar-refractivity contribution in [1.29, 1.82) is 5.26 Å². The first-order chi connectivity index (χ1) is 16.7. The molecule has 2 aromatic rings. The molecule has 1 saturated heterocycles. The molecule has 0 aliphatic carbocycles. The lowest BCUT2D eigenvalue weighted by atomic mass is 9.66. The van der Waals surface area contributed by atoms with Crippen LogP contribution in [0.3, 0.4) is 0 Å². The van der Waals surface area contributed by atoms with Gasteiger partial charge in [-0.15, -0.1) is 0 Å². The topological polar surface area (TPSA) is 49.1 Å². The summed E-state index contributed by atoms with van der Waals surface area (Å²) in [6.07, 6.45) is -10.7. The van der Waals surface area contributed by atoms with Gasteiger partial charge in [-0.25, -0.2) is 0 Å². The van der Waals surface area contributed by atoms with Crippen LogP contribution in [-0.4, -0.2) is 47.5 Å². The van der Waals surface area contributed by atoms with Gasteiger partial charge < -0.3 is 4.74 Å². The summed E-state index contributed by atoms with van der Waals surface area (Å²) < 4.78 is 92.5. The minimum atomic E-state index is -5.70. The molecule has 0 bridgehead atoms. The molecule has 1 atom stereocenters. The zero-order valence-corrected chi connectivity index (χ0v) is 20.4. The van der Waals surface area contributed by atoms with Gasteiger partial charge in [0.15, 0.2) is 0 Å². The summed E-state index contributed by atoms with van der Waals surface area (Å²) in [5.41, 5.74) is -6.11. The van der Waals surface area contributed by atoms with Crippen LogP contribution < -0.4 is 0 Å². The molecule has 2 heterocycles. The summed E-state index contributed by atoms with van der Waals surface area (Å²) in [6, 6.07) is 13.2. The van der Waals surface area contributed by atoms with Crippen LogP contribution in [0.5, 0.6) is 0 Å². The van der Waals surface area contributed by atoms with Crippen molar-refractivity contribution in [1.82, 2.24) is 9.88 Å². The number of hydrogen-bond donors (Lipinski definition) is 0. The largest absolute Gasteiger partial charge is 0.427 e. The van der Waals surface area contributed by atoms with Gasteiger partial charge in [0.05, 0.1) is 22.9 Å². The highest BCUT2D eigenvalue weighted by atomic mass is 19.4. The molecule has 0 N–H and O–H groups in total. The molecule has 1 aliphatic heterocycles. The van der Waals surface area contributed by atoms with E-state index in [0.29, 0.717) is 16.8 Å². The molecule has 4 nitrogen and oxygen atoms in total. The Hall–Kier alpha value is -2.64. The van der Waals surface area contributed by atoms with Gasteiger partial charge in [-0.2, -0.15) is 31.6 Å². The SMILES string of the molecule is CCOC(C(F)(F)F)(C(F)(F)F)[C@]1(CCc2ccc(C#N)cc2)CCN(C(C)(C)c2ccccn2)C1. The zero-order chi connectivity index (χ0) is 26.8. The Morgan fingerprint density at radius 3 is 2.17 bits per heavy atom. The van der Waals surface area contributed by atoms with Crippen LogP contribution in [-0.2, 0) is 16.7 Å². The summed E-state index contributed by atoms with van der Waals surface area (Å²) in [5, 5.41) is 8.99. The van der Waals surface area contributed by atoms with Crippen LogP contribution in [0.4, 0.5) is 26.3 Å². The second-order valence-corrected chi connectivity index (χ2v) is 9.64. The molecule has 10 heteroatoms. The highest BCUT2D eigenvalue weighted by Crippen LogP contribution is 2.61. The number of aryl methyl sites for hydroxylation is 1. The Balaban J connectivity index is 2.10. The number of rotatable bonds is 8. The van der Waals surface area contributed by atoms with Crippen LogP contribution in [0, 0.1) is 16.7 Å². The lowest BCUT2D eigenvalue weighted by molar-refractivity contribution is -0.415. The highest BCUT2D eigenvalue weighted by Gasteiger charge is 2.81. The molecule has 1 aliphatic rings. The molecule has 0 amide bonds. The van der Waals surface area contributed by atoms with E-state index in [-0.39, 0.29) is 19.4 Å². The fourth-order valence-corrected chi connectivity index (χ4v) is 5.33. The molecule has 0 spiro atoms. The molecular weight excluding hydrogens is 484 g/mol. The van der Waals surface area contributed by atoms with Crippen molar-refractivity contribution in [2.24, 2.45) is 5.41 Å². The Morgan fingerprint density at radius 2 is 1.67 bits per heavy atom. The lowest BCUT2D eigenvalue weighted by Crippen LogP contribution is -2.69. The van der Waals surface area contributed by atoms with E-state index in [2.05, 4.69) is 4.98 Å². The van der Waals surface area contributed by atoms with E-state index in [1.54, 1.807) is 55.3 Å². The predicted molar refractivity (Wildman–Crippen MR) is 122 cm³/mol. The molecule has 3 rings (SSSR count). The van der Waals surface area contributed by atoms with Crippen molar-refractivity contribution < 1.29 is 31.1 Å². The molecule has 1 aromatic carbocycles. The lowest BCUT2D eigenvalue weighted by Gasteiger charge is -2.50. The maximum Gasteiger partial charge on any atom is 0.427 e. The Morgan fingerprint density at radius 1 is 1.03 bits per heavy atom. The second kappa shape index (κ2) is 10.0. The Kier molecular flexibility index (Phi) is 7.78. The van der Waals surface area contributed by atoms with Crippen LogP contribution in [0.15, 0.2) is 48.7 Å². The first kappa shape index (κ1) is 27.9. The predicted octanol–water partition coefficient (Wildman–Crippen LogP) is 6.41. The van der Waals surface area contributed by atoms with Gasteiger partial charge >= 0.3 is 12.4 Å². The second-order valence-electron chi connectivity index (χ2n) is 9.64. The van der Waals surface area contributed by atoms with E-state index >= 15 is 0 Å². The summed E-state index contributed by atoms with van der Waals surface area (Å²) in [7, 11) is 0. The number of ether oxygens (including phenoxy) is 1. The fourth-order valence-electron chi connectivity index (χ4n) is 5.33. The monoisotopic (exact) mass is 513 g/mol. The Labute approximate surface area is 206 Å². The molecule has 36 heavy (non-hydrogen) atoms. The van der Waals surface area contributed by atoms with Crippen molar-refractivity contribution in [3.63, 3.8) is 0 Å². The summed E-state index contributed by atoms with van der Waals surface area (Å²) in [5.74, 6) is 0. The Bertz CT molecular complexity index is 1050. The quantitative estimate of drug-likeness (QED) is 0.383. The van der Waals surface area contributed by atoms with Gasteiger partial charge in [0, 0.05) is 24.8 Å². The summed E-state index contributed by atoms with van der Waals surface area (Å²) in [4.78, 5) is 5.94. The number of nitriles is 1. The number of aromatic nitrogens is 1. The van der Waals surface area contributed by atoms with E-state index in [4.69, 9.17) is 10.00 Å². The molecule has 1 fully saturated rings. The van der Waals surface area contributed by atoms with Crippen LogP contribution in [0.25, 0.3) is 0 Å². The molecular formula is C26H29F6N3O. The third-order valence-corrected chi connectivity index (χ3v) is 7.32. The van der Waals surface area contributed by atoms with Gasteiger partial charge in [-0.1, -0.05) is 18.2 Å². The van der Waals surface area contributed by atoms with Crippen LogP contribution in [0.1, 0.15) is 50.4 Å². The third kappa shape index (κ3) is 4.83. The summed E-state index contributed by atoms with van der Waals surface area (Å²) >= 11 is 0. The third-order valence-electron chi connectivity index (χ3n) is 7.32. The highest BCUT2D eigenvalue weighted by molar-refractivity contribution is 5.32. The molecule has 1 aromatic heterocycles. The van der Waals surface area contributed by atoms with Gasteiger partial charge in [0.2, 0.25) is 0 Å². The van der Waals surface area contributed by atoms with Crippen LogP contribution in [0.2, 0.25) is 0 Å². The maximum absolute atomic E-state index is 14.6. The van der Waals surface area contributed by atoms with Crippen molar-refractivity contribution in [2.75, 3.05) is 19.7 Å². The molecule has 196 valence electrons. The van der Waals surface area contributed by atoms with Crippen molar-refractivity contribution in [3.05, 3.63) is 65.5 Å². The number of likely N-dealkylation sites (tertiary alicyclic amines) is 1. The van der Waals surface area contributed by atoms with Gasteiger partial charge in [0.25, 0.3) is 5.60 Å². The summed E-state index contributed by atoms with van der Waals surface area (Å²) in [6.45, 7) is 3.42. The first-order valence-electron chi connectivity index (χ1n) is 11.7. The maximum atomic E-state index is 14.6. The number of benzene rings is 1. The first-order valence-corrected chi connectivity index (χ1v) is 11.7. The van der Waals surface area contributed by atoms with Crippen molar-refractivity contribution in [3.8, 4) is 6.07 Å². The van der Waals surface area contributed by atoms with E-state index < -0.39 is 48.5 Å². The molecule has 0 unspecified atom stereocenters. The minimum Gasteiger partial charge on any atom is -0.358 e. The van der Waals surface area contributed by atoms with E-state index in [9.17, 15) is 26.3 Å². The number of hydrogen-bond acceptors (Lipinski definition) is 4. The standard InChI is InChI=1S/C26H29F6N3O/c1-4-36-24(25(27,28)29,26(30,31)32)23(13-12-19-8-10-20(17-33)11-9-19)14-16-35(18-23)22(2,3)21-7-5-6-15-34-21/h5-11,15H,4,12-14,16,18H2,1-3H3/t23-/m1/s1. The normalized spacial score (nSPS) is 19.9. The molecule has 0 radical (unpaired) electrons. The van der Waals surface area contributed by atoms with E-state index in [0.717, 1.165) is 6.92 Å². The van der Waals surface area contributed by atoms with E-state index in [1.807, 2.05) is 6.07 Å². The fraction of sp³-hybridized carbons (Fsp3) is 0.538. The minimum absolute atomic E-state index is 0.0118. The average molecular weight is 514 g/mol. The number of nitrogens with zero attached hydrogens (tertiary/aromatic N) is 3. The van der Waals surface area contributed by atoms with Gasteiger partial charge in [0.1, 0.15) is 0 Å².